The molecule has 0 heterocycles. The first-order valence-corrected chi connectivity index (χ1v) is 9.07. The van der Waals surface area contributed by atoms with Crippen LogP contribution in [-0.2, 0) is 20.2 Å². The van der Waals surface area contributed by atoms with Crippen molar-refractivity contribution in [2.24, 2.45) is 0 Å². The molecule has 23 heavy (non-hydrogen) atoms. The van der Waals surface area contributed by atoms with Gasteiger partial charge in [0.25, 0.3) is 24.8 Å². The third-order valence-electron chi connectivity index (χ3n) is 2.79. The summed E-state index contributed by atoms with van der Waals surface area (Å²) in [6, 6.07) is 10.8. The highest BCUT2D eigenvalue weighted by molar-refractivity contribution is 8.05. The van der Waals surface area contributed by atoms with Gasteiger partial charge in [-0.2, -0.15) is 16.8 Å². The van der Waals surface area contributed by atoms with Crippen molar-refractivity contribution in [3.63, 3.8) is 0 Å². The fraction of sp³-hybridized carbons (Fsp3) is 0.0714. The van der Waals surface area contributed by atoms with Crippen molar-refractivity contribution in [1.82, 2.24) is 0 Å². The van der Waals surface area contributed by atoms with Gasteiger partial charge in [-0.25, -0.2) is 0 Å². The molecule has 7 nitrogen and oxygen atoms in total. The van der Waals surface area contributed by atoms with E-state index in [0.29, 0.717) is 5.39 Å². The minimum Gasteiger partial charge on any atom is -0.291 e. The summed E-state index contributed by atoms with van der Waals surface area (Å²) in [6.07, 6.45) is 0. The number of rotatable bonds is 4. The van der Waals surface area contributed by atoms with Gasteiger partial charge in [0.2, 0.25) is 5.78 Å². The van der Waals surface area contributed by atoms with Crippen LogP contribution >= 0.6 is 0 Å². The highest BCUT2D eigenvalue weighted by Crippen LogP contribution is 2.20. The van der Waals surface area contributed by atoms with Crippen LogP contribution in [0.3, 0.4) is 0 Å². The molecular formula is C14H14O7S2. The van der Waals surface area contributed by atoms with E-state index < -0.39 is 30.6 Å². The summed E-state index contributed by atoms with van der Waals surface area (Å²) in [5, 5.41) is 1.33. The molecule has 0 radical (unpaired) electrons. The summed E-state index contributed by atoms with van der Waals surface area (Å²) in [7, 11) is -10.6. The lowest BCUT2D eigenvalue weighted by Crippen LogP contribution is -2.37. The third kappa shape index (κ3) is 4.45. The molecule has 0 unspecified atom stereocenters. The maximum Gasteiger partial charge on any atom is 0.292 e. The van der Waals surface area contributed by atoms with Crippen LogP contribution in [-0.4, -0.2) is 36.3 Å². The second-order valence-electron chi connectivity index (χ2n) is 4.29. The van der Waals surface area contributed by atoms with E-state index in [2.05, 4.69) is 13.2 Å². The Labute approximate surface area is 133 Å². The Bertz CT molecular complexity index is 899. The first-order valence-electron chi connectivity index (χ1n) is 6.06. The van der Waals surface area contributed by atoms with Crippen LogP contribution in [0.2, 0.25) is 0 Å². The molecule has 0 fully saturated rings. The molecule has 2 N–H and O–H groups in total. The maximum absolute atomic E-state index is 12.0. The Kier molecular flexibility index (Phi) is 5.78. The highest BCUT2D eigenvalue weighted by Gasteiger charge is 2.42. The average Bonchev–Trinajstić information content (AvgIpc) is 2.45. The molecule has 0 aliphatic rings. The van der Waals surface area contributed by atoms with E-state index in [-0.39, 0.29) is 5.56 Å². The standard InChI is InChI=1S/C12H10O7S2.C2H4/c13-11(12(20(14,15)16)21(17,18)19)10-6-5-8-3-1-2-4-9(8)7-10;1-2/h1-7,12H,(H,14,15,16)(H,17,18,19);1-2H2. The normalized spacial score (nSPS) is 11.8. The summed E-state index contributed by atoms with van der Waals surface area (Å²) in [5.41, 5.74) is -0.256. The highest BCUT2D eigenvalue weighted by atomic mass is 32.3. The van der Waals surface area contributed by atoms with Gasteiger partial charge >= 0.3 is 0 Å². The van der Waals surface area contributed by atoms with Gasteiger partial charge in [0.15, 0.2) is 0 Å². The van der Waals surface area contributed by atoms with Crippen molar-refractivity contribution >= 4 is 36.8 Å². The molecule has 124 valence electrons. The largest absolute Gasteiger partial charge is 0.292 e. The predicted molar refractivity (Wildman–Crippen MR) is 86.4 cm³/mol. The average molecular weight is 358 g/mol. The Morgan fingerprint density at radius 1 is 0.870 bits per heavy atom. The number of carbonyl (C=O) groups is 1. The molecule has 0 bridgehead atoms. The number of hydrogen-bond acceptors (Lipinski definition) is 5. The van der Waals surface area contributed by atoms with Crippen LogP contribution in [0.15, 0.2) is 55.6 Å². The van der Waals surface area contributed by atoms with Crippen molar-refractivity contribution in [3.8, 4) is 0 Å². The van der Waals surface area contributed by atoms with Crippen LogP contribution < -0.4 is 0 Å². The number of carbonyl (C=O) groups excluding carboxylic acids is 1. The van der Waals surface area contributed by atoms with Gasteiger partial charge < -0.3 is 0 Å². The lowest BCUT2D eigenvalue weighted by Gasteiger charge is -2.10. The molecule has 0 aromatic heterocycles. The van der Waals surface area contributed by atoms with E-state index in [0.717, 1.165) is 5.39 Å². The summed E-state index contributed by atoms with van der Waals surface area (Å²) in [6.45, 7) is 6.00. The van der Waals surface area contributed by atoms with E-state index in [1.165, 1.54) is 18.2 Å². The molecule has 9 heteroatoms. The molecule has 2 rings (SSSR count). The second kappa shape index (κ2) is 7.01. The fourth-order valence-corrected chi connectivity index (χ4v) is 3.95. The summed E-state index contributed by atoms with van der Waals surface area (Å²) >= 11 is 0. The van der Waals surface area contributed by atoms with Gasteiger partial charge in [-0.05, 0) is 16.8 Å². The van der Waals surface area contributed by atoms with Crippen LogP contribution in [0.25, 0.3) is 10.8 Å². The molecule has 0 saturated heterocycles. The number of ketones is 1. The number of Topliss-reactive ketones (excluding diaryl/α,β-unsaturated/α-hetero) is 1. The summed E-state index contributed by atoms with van der Waals surface area (Å²) in [4.78, 5) is 12.0. The molecule has 0 spiro atoms. The lowest BCUT2D eigenvalue weighted by molar-refractivity contribution is 0.100. The monoisotopic (exact) mass is 358 g/mol. The first kappa shape index (κ1) is 19.0. The Morgan fingerprint density at radius 2 is 1.35 bits per heavy atom. The molecule has 0 aliphatic heterocycles. The molecular weight excluding hydrogens is 344 g/mol. The van der Waals surface area contributed by atoms with Gasteiger partial charge in [0.05, 0.1) is 0 Å². The van der Waals surface area contributed by atoms with E-state index in [1.54, 1.807) is 24.3 Å². The van der Waals surface area contributed by atoms with Crippen LogP contribution in [0.1, 0.15) is 10.4 Å². The van der Waals surface area contributed by atoms with E-state index in [9.17, 15) is 21.6 Å². The fourth-order valence-electron chi connectivity index (χ4n) is 1.90. The van der Waals surface area contributed by atoms with Gasteiger partial charge in [-0.1, -0.05) is 36.4 Å². The van der Waals surface area contributed by atoms with E-state index >= 15 is 0 Å². The van der Waals surface area contributed by atoms with E-state index in [1.807, 2.05) is 0 Å². The molecule has 0 atom stereocenters. The minimum absolute atomic E-state index is 0.256. The molecule has 2 aromatic carbocycles. The maximum atomic E-state index is 12.0. The van der Waals surface area contributed by atoms with Crippen LogP contribution in [0.4, 0.5) is 0 Å². The van der Waals surface area contributed by atoms with Crippen molar-refractivity contribution in [1.29, 1.82) is 0 Å². The smallest absolute Gasteiger partial charge is 0.291 e. The summed E-state index contributed by atoms with van der Waals surface area (Å²) in [5.74, 6) is -1.43. The van der Waals surface area contributed by atoms with Crippen molar-refractivity contribution in [2.75, 3.05) is 0 Å². The van der Waals surface area contributed by atoms with Crippen molar-refractivity contribution in [2.45, 2.75) is 4.58 Å². The Hall–Kier alpha value is -2.07. The minimum atomic E-state index is -5.31. The number of benzene rings is 2. The van der Waals surface area contributed by atoms with Crippen LogP contribution in [0.5, 0.6) is 0 Å². The SMILES string of the molecule is C=C.O=C(c1ccc2ccccc2c1)C(S(=O)(=O)O)S(=O)(=O)O. The number of fused-ring (bicyclic) bond motifs is 1. The Balaban J connectivity index is 0.00000127. The molecule has 0 amide bonds. The quantitative estimate of drug-likeness (QED) is 0.486. The molecule has 2 aromatic rings. The topological polar surface area (TPSA) is 126 Å². The zero-order valence-electron chi connectivity index (χ0n) is 11.8. The first-order chi connectivity index (χ1) is 10.6. The van der Waals surface area contributed by atoms with Crippen LogP contribution in [0, 0.1) is 0 Å². The van der Waals surface area contributed by atoms with Gasteiger partial charge in [0, 0.05) is 5.56 Å². The van der Waals surface area contributed by atoms with Crippen molar-refractivity contribution < 1.29 is 30.7 Å². The van der Waals surface area contributed by atoms with E-state index in [4.69, 9.17) is 9.11 Å². The second-order valence-corrected chi connectivity index (χ2v) is 7.59. The predicted octanol–water partition coefficient (Wildman–Crippen LogP) is 1.93. The lowest BCUT2D eigenvalue weighted by atomic mass is 10.1. The Morgan fingerprint density at radius 3 is 1.83 bits per heavy atom. The van der Waals surface area contributed by atoms with Gasteiger partial charge in [-0.15, -0.1) is 13.2 Å². The number of hydrogen-bond donors (Lipinski definition) is 2. The van der Waals surface area contributed by atoms with Gasteiger partial charge in [-0.3, -0.25) is 13.9 Å². The summed E-state index contributed by atoms with van der Waals surface area (Å²) < 4.78 is 59.0. The third-order valence-corrected chi connectivity index (χ3v) is 5.76. The van der Waals surface area contributed by atoms with Crippen molar-refractivity contribution in [3.05, 3.63) is 61.2 Å². The molecule has 0 aliphatic carbocycles. The molecule has 0 saturated carbocycles. The zero-order valence-corrected chi connectivity index (χ0v) is 13.4. The van der Waals surface area contributed by atoms with Gasteiger partial charge in [0.1, 0.15) is 0 Å². The zero-order chi connectivity index (χ0) is 17.8.